The maximum absolute atomic E-state index is 13.9. The quantitative estimate of drug-likeness (QED) is 0.338. The fourth-order valence-corrected chi connectivity index (χ4v) is 7.78. The highest BCUT2D eigenvalue weighted by Crippen LogP contribution is 2.39. The van der Waals surface area contributed by atoms with Crippen molar-refractivity contribution in [2.24, 2.45) is 0 Å². The second-order valence-electron chi connectivity index (χ2n) is 10.4. The van der Waals surface area contributed by atoms with Crippen molar-refractivity contribution in [3.63, 3.8) is 0 Å². The highest BCUT2D eigenvalue weighted by molar-refractivity contribution is 7.89. The lowest BCUT2D eigenvalue weighted by Crippen LogP contribution is -2.60. The lowest BCUT2D eigenvalue weighted by atomic mass is 9.83. The molecule has 212 valence electrons. The van der Waals surface area contributed by atoms with Crippen molar-refractivity contribution in [2.75, 3.05) is 26.7 Å². The molecule has 3 aromatic rings. The number of benzene rings is 3. The minimum absolute atomic E-state index is 0.184. The molecule has 9 heteroatoms. The zero-order valence-corrected chi connectivity index (χ0v) is 23.7. The number of ether oxygens (including phenoxy) is 2. The van der Waals surface area contributed by atoms with Crippen molar-refractivity contribution in [1.29, 1.82) is 0 Å². The first-order valence-electron chi connectivity index (χ1n) is 13.7. The van der Waals surface area contributed by atoms with E-state index in [-0.39, 0.29) is 12.4 Å². The fourth-order valence-electron chi connectivity index (χ4n) is 5.83. The summed E-state index contributed by atoms with van der Waals surface area (Å²) in [6.45, 7) is 3.55. The molecule has 2 aliphatic heterocycles. The summed E-state index contributed by atoms with van der Waals surface area (Å²) in [6, 6.07) is 20.4. The molecule has 0 spiro atoms. The molecule has 40 heavy (non-hydrogen) atoms. The predicted octanol–water partition coefficient (Wildman–Crippen LogP) is 5.05. The van der Waals surface area contributed by atoms with Gasteiger partial charge in [0, 0.05) is 37.2 Å². The van der Waals surface area contributed by atoms with Crippen LogP contribution in [-0.2, 0) is 27.8 Å². The molecule has 0 saturated carbocycles. The van der Waals surface area contributed by atoms with Gasteiger partial charge in [0.25, 0.3) is 0 Å². The van der Waals surface area contributed by atoms with Crippen molar-refractivity contribution in [3.8, 4) is 5.75 Å². The Morgan fingerprint density at radius 2 is 1.70 bits per heavy atom. The van der Waals surface area contributed by atoms with E-state index in [1.54, 1.807) is 29.6 Å². The second-order valence-corrected chi connectivity index (χ2v) is 12.2. The van der Waals surface area contributed by atoms with Crippen LogP contribution in [0.25, 0.3) is 0 Å². The van der Waals surface area contributed by atoms with Crippen molar-refractivity contribution < 1.29 is 27.1 Å². The second kappa shape index (κ2) is 11.8. The van der Waals surface area contributed by atoms with E-state index in [2.05, 4.69) is 4.90 Å². The highest BCUT2D eigenvalue weighted by Gasteiger charge is 2.47. The molecule has 0 radical (unpaired) electrons. The van der Waals surface area contributed by atoms with Crippen LogP contribution < -0.4 is 4.74 Å². The Morgan fingerprint density at radius 3 is 2.35 bits per heavy atom. The van der Waals surface area contributed by atoms with E-state index in [1.165, 1.54) is 24.3 Å². The van der Waals surface area contributed by atoms with Gasteiger partial charge < -0.3 is 9.47 Å². The van der Waals surface area contributed by atoms with E-state index in [0.29, 0.717) is 67.1 Å². The van der Waals surface area contributed by atoms with Gasteiger partial charge in [-0.15, -0.1) is 0 Å². The Balaban J connectivity index is 1.43. The number of hydrogen-bond donors (Lipinski definition) is 0. The molecule has 3 aromatic carbocycles. The van der Waals surface area contributed by atoms with Gasteiger partial charge in [-0.25, -0.2) is 12.8 Å². The summed E-state index contributed by atoms with van der Waals surface area (Å²) in [4.78, 5) is 16.3. The maximum atomic E-state index is 13.9. The zero-order chi connectivity index (χ0) is 28.3. The number of rotatable bonds is 9. The largest absolute Gasteiger partial charge is 0.496 e. The summed E-state index contributed by atoms with van der Waals surface area (Å²) < 4.78 is 54.7. The van der Waals surface area contributed by atoms with Crippen molar-refractivity contribution in [2.45, 2.75) is 55.9 Å². The Kier molecular flexibility index (Phi) is 8.37. The van der Waals surface area contributed by atoms with Crippen LogP contribution in [0.15, 0.2) is 77.7 Å². The lowest BCUT2D eigenvalue weighted by Gasteiger charge is -2.47. The summed E-state index contributed by atoms with van der Waals surface area (Å²) in [5, 5.41) is 0. The van der Waals surface area contributed by atoms with Gasteiger partial charge in [-0.05, 0) is 61.2 Å². The molecule has 0 aliphatic carbocycles. The number of methoxy groups -OCH3 is 1. The molecular weight excluding hydrogens is 531 g/mol. The molecule has 1 unspecified atom stereocenters. The highest BCUT2D eigenvalue weighted by atomic mass is 32.2. The summed E-state index contributed by atoms with van der Waals surface area (Å²) in [7, 11) is -2.18. The normalized spacial score (nSPS) is 20.5. The average molecular weight is 567 g/mol. The number of fused-ring (bicyclic) bond motifs is 1. The summed E-state index contributed by atoms with van der Waals surface area (Å²) in [5.74, 6) is -0.0288. The number of carbonyl (C=O) groups is 1. The third-order valence-corrected chi connectivity index (χ3v) is 9.95. The third-order valence-electron chi connectivity index (χ3n) is 7.97. The van der Waals surface area contributed by atoms with E-state index in [9.17, 15) is 17.6 Å². The van der Waals surface area contributed by atoms with Gasteiger partial charge in [-0.1, -0.05) is 43.3 Å². The minimum atomic E-state index is -3.74. The summed E-state index contributed by atoms with van der Waals surface area (Å²) in [5.41, 5.74) is 0.923. The topological polar surface area (TPSA) is 76.2 Å². The fraction of sp³-hybridized carbons (Fsp3) is 0.387. The van der Waals surface area contributed by atoms with Crippen LogP contribution >= 0.6 is 0 Å². The molecule has 1 saturated heterocycles. The first-order chi connectivity index (χ1) is 19.3. The van der Waals surface area contributed by atoms with Gasteiger partial charge in [0.2, 0.25) is 10.0 Å². The molecule has 7 nitrogen and oxygen atoms in total. The Hall–Kier alpha value is -3.11. The molecule has 0 aromatic heterocycles. The van der Waals surface area contributed by atoms with E-state index in [1.807, 2.05) is 37.3 Å². The van der Waals surface area contributed by atoms with Gasteiger partial charge in [0.05, 0.1) is 24.8 Å². The first-order valence-corrected chi connectivity index (χ1v) is 15.1. The van der Waals surface area contributed by atoms with Gasteiger partial charge >= 0.3 is 0 Å². The number of carbonyl (C=O) groups excluding carboxylic acids is 1. The Labute approximate surface area is 235 Å². The van der Waals surface area contributed by atoms with E-state index in [0.717, 1.165) is 5.56 Å². The van der Waals surface area contributed by atoms with Crippen LogP contribution in [0.2, 0.25) is 0 Å². The SMILES string of the molecule is CCCN1C(N2CCC(OCc3ccccc3)(C(=O)c3ccc(F)cc3)CC2)Cc2c(OC)cccc2S1(=O)=O. The lowest BCUT2D eigenvalue weighted by molar-refractivity contribution is -0.0798. The van der Waals surface area contributed by atoms with Crippen molar-refractivity contribution in [1.82, 2.24) is 9.21 Å². The Morgan fingerprint density at radius 1 is 1.00 bits per heavy atom. The van der Waals surface area contributed by atoms with E-state index < -0.39 is 27.6 Å². The smallest absolute Gasteiger partial charge is 0.244 e. The molecular formula is C31H35FN2O5S. The third kappa shape index (κ3) is 5.43. The molecule has 0 amide bonds. The number of ketones is 1. The molecule has 2 heterocycles. The number of halogens is 1. The van der Waals surface area contributed by atoms with Gasteiger partial charge in [-0.3, -0.25) is 9.69 Å². The van der Waals surface area contributed by atoms with Crippen LogP contribution in [0.3, 0.4) is 0 Å². The van der Waals surface area contributed by atoms with Crippen LogP contribution in [0.1, 0.15) is 47.7 Å². The predicted molar refractivity (Wildman–Crippen MR) is 150 cm³/mol. The van der Waals surface area contributed by atoms with E-state index >= 15 is 0 Å². The first kappa shape index (κ1) is 28.4. The molecule has 1 atom stereocenters. The summed E-state index contributed by atoms with van der Waals surface area (Å²) >= 11 is 0. The van der Waals surface area contributed by atoms with Crippen LogP contribution in [0.4, 0.5) is 4.39 Å². The van der Waals surface area contributed by atoms with Gasteiger partial charge in [-0.2, -0.15) is 4.31 Å². The number of nitrogens with zero attached hydrogens (tertiary/aromatic N) is 2. The Bertz CT molecular complexity index is 1440. The van der Waals surface area contributed by atoms with Gasteiger partial charge in [0.15, 0.2) is 5.78 Å². The number of hydrogen-bond acceptors (Lipinski definition) is 6. The standard InChI is InChI=1S/C31H35FN2O5S/c1-3-18-34-29(21-26-27(38-2)10-7-11-28(26)40(34,36)37)33-19-16-31(17-20-33,39-22-23-8-5-4-6-9-23)30(35)24-12-14-25(32)15-13-24/h4-15,29H,3,16-22H2,1-2H3. The number of Topliss-reactive ketones (excluding diaryl/α,β-unsaturated/α-hetero) is 1. The molecule has 1 fully saturated rings. The zero-order valence-electron chi connectivity index (χ0n) is 22.9. The van der Waals surface area contributed by atoms with E-state index in [4.69, 9.17) is 9.47 Å². The van der Waals surface area contributed by atoms with Crippen molar-refractivity contribution >= 4 is 15.8 Å². The molecule has 0 N–H and O–H groups in total. The average Bonchev–Trinajstić information content (AvgIpc) is 2.98. The number of sulfonamides is 1. The van der Waals surface area contributed by atoms with Crippen molar-refractivity contribution in [3.05, 3.63) is 95.3 Å². The molecule has 5 rings (SSSR count). The summed E-state index contributed by atoms with van der Waals surface area (Å²) in [6.07, 6.45) is 1.52. The van der Waals surface area contributed by atoms with Crippen LogP contribution in [-0.4, -0.2) is 61.9 Å². The molecule has 0 bridgehead atoms. The van der Waals surface area contributed by atoms with Crippen LogP contribution in [0.5, 0.6) is 5.75 Å². The maximum Gasteiger partial charge on any atom is 0.244 e. The van der Waals surface area contributed by atoms with Crippen LogP contribution in [0, 0.1) is 5.82 Å². The number of piperidine rings is 1. The monoisotopic (exact) mass is 566 g/mol. The van der Waals surface area contributed by atoms with Gasteiger partial charge in [0.1, 0.15) is 17.2 Å². The minimum Gasteiger partial charge on any atom is -0.496 e. The number of likely N-dealkylation sites (tertiary alicyclic amines) is 1. The molecule has 2 aliphatic rings.